The van der Waals surface area contributed by atoms with Crippen molar-refractivity contribution in [2.75, 3.05) is 51.6 Å². The number of nitrogens with one attached hydrogen (secondary N) is 2. The Kier molecular flexibility index (Phi) is 5.73. The van der Waals surface area contributed by atoms with E-state index in [-0.39, 0.29) is 17.3 Å². The van der Waals surface area contributed by atoms with Gasteiger partial charge in [-0.3, -0.25) is 4.79 Å². The summed E-state index contributed by atoms with van der Waals surface area (Å²) >= 11 is 0. The lowest BCUT2D eigenvalue weighted by Crippen LogP contribution is -2.47. The molecule has 0 aromatic heterocycles. The standard InChI is InChI=1S/C17H26N4O3S/c1-20-7-9-21(10-8-20)25(23,24)16-4-2-3-15(11-16)19-17(22)13-18-12-14-5-6-14/h2-4,11,14,18H,5-10,12-13H2,1H3,(H,19,22). The molecule has 1 aliphatic carbocycles. The molecule has 0 unspecified atom stereocenters. The number of likely N-dealkylation sites (N-methyl/N-ethyl adjacent to an activating group) is 1. The van der Waals surface area contributed by atoms with Gasteiger partial charge in [0, 0.05) is 31.9 Å². The molecule has 2 N–H and O–H groups in total. The van der Waals surface area contributed by atoms with Gasteiger partial charge in [-0.15, -0.1) is 0 Å². The number of carbonyl (C=O) groups excluding carboxylic acids is 1. The van der Waals surface area contributed by atoms with Crippen LogP contribution in [0.4, 0.5) is 5.69 Å². The summed E-state index contributed by atoms with van der Waals surface area (Å²) in [4.78, 5) is 14.3. The number of hydrogen-bond acceptors (Lipinski definition) is 5. The summed E-state index contributed by atoms with van der Waals surface area (Å²) in [7, 11) is -1.54. The van der Waals surface area contributed by atoms with Gasteiger partial charge in [0.15, 0.2) is 0 Å². The highest BCUT2D eigenvalue weighted by molar-refractivity contribution is 7.89. The molecule has 7 nitrogen and oxygen atoms in total. The first-order valence-corrected chi connectivity index (χ1v) is 10.2. The van der Waals surface area contributed by atoms with E-state index in [1.54, 1.807) is 18.2 Å². The fourth-order valence-corrected chi connectivity index (χ4v) is 4.30. The third-order valence-electron chi connectivity index (χ3n) is 4.63. The zero-order chi connectivity index (χ0) is 17.9. The molecule has 1 heterocycles. The van der Waals surface area contributed by atoms with E-state index in [1.807, 2.05) is 7.05 Å². The van der Waals surface area contributed by atoms with Crippen LogP contribution in [0.5, 0.6) is 0 Å². The Morgan fingerprint density at radius 1 is 1.20 bits per heavy atom. The van der Waals surface area contributed by atoms with Crippen molar-refractivity contribution in [3.63, 3.8) is 0 Å². The Morgan fingerprint density at radius 2 is 1.92 bits per heavy atom. The molecular formula is C17H26N4O3S. The van der Waals surface area contributed by atoms with Crippen molar-refractivity contribution in [1.82, 2.24) is 14.5 Å². The van der Waals surface area contributed by atoms with Crippen molar-refractivity contribution in [3.05, 3.63) is 24.3 Å². The van der Waals surface area contributed by atoms with Crippen LogP contribution in [0, 0.1) is 5.92 Å². The summed E-state index contributed by atoms with van der Waals surface area (Å²) in [5.74, 6) is 0.555. The van der Waals surface area contributed by atoms with Gasteiger partial charge in [0.25, 0.3) is 0 Å². The number of rotatable bonds is 7. The van der Waals surface area contributed by atoms with Gasteiger partial charge in [-0.2, -0.15) is 4.31 Å². The van der Waals surface area contributed by atoms with E-state index < -0.39 is 10.0 Å². The minimum Gasteiger partial charge on any atom is -0.325 e. The second kappa shape index (κ2) is 7.82. The fraction of sp³-hybridized carbons (Fsp3) is 0.588. The number of carbonyl (C=O) groups is 1. The first-order chi connectivity index (χ1) is 11.9. The van der Waals surface area contributed by atoms with Crippen LogP contribution in [-0.4, -0.2) is 69.8 Å². The molecule has 1 aromatic carbocycles. The van der Waals surface area contributed by atoms with Crippen LogP contribution < -0.4 is 10.6 Å². The van der Waals surface area contributed by atoms with Crippen molar-refractivity contribution in [2.45, 2.75) is 17.7 Å². The summed E-state index contributed by atoms with van der Waals surface area (Å²) in [6.45, 7) is 3.53. The number of amides is 1. The largest absolute Gasteiger partial charge is 0.325 e. The lowest BCUT2D eigenvalue weighted by atomic mass is 10.3. The second-order valence-corrected chi connectivity index (χ2v) is 8.80. The van der Waals surface area contributed by atoms with E-state index >= 15 is 0 Å². The van der Waals surface area contributed by atoms with Gasteiger partial charge in [0.1, 0.15) is 0 Å². The van der Waals surface area contributed by atoms with E-state index in [2.05, 4.69) is 15.5 Å². The fourth-order valence-electron chi connectivity index (χ4n) is 2.83. The molecular weight excluding hydrogens is 340 g/mol. The van der Waals surface area contributed by atoms with Crippen molar-refractivity contribution < 1.29 is 13.2 Å². The predicted molar refractivity (Wildman–Crippen MR) is 96.9 cm³/mol. The van der Waals surface area contributed by atoms with Crippen LogP contribution >= 0.6 is 0 Å². The zero-order valence-corrected chi connectivity index (χ0v) is 15.4. The molecule has 3 rings (SSSR count). The Labute approximate surface area is 149 Å². The Bertz CT molecular complexity index is 710. The monoisotopic (exact) mass is 366 g/mol. The Balaban J connectivity index is 1.60. The maximum absolute atomic E-state index is 12.8. The highest BCUT2D eigenvalue weighted by atomic mass is 32.2. The zero-order valence-electron chi connectivity index (χ0n) is 14.6. The molecule has 1 saturated heterocycles. The number of sulfonamides is 1. The van der Waals surface area contributed by atoms with Gasteiger partial charge in [-0.25, -0.2) is 8.42 Å². The van der Waals surface area contributed by atoms with E-state index in [4.69, 9.17) is 0 Å². The summed E-state index contributed by atoms with van der Waals surface area (Å²) in [5, 5.41) is 5.89. The normalized spacial score (nSPS) is 19.7. The molecule has 0 atom stereocenters. The summed E-state index contributed by atoms with van der Waals surface area (Å²) in [6, 6.07) is 6.49. The van der Waals surface area contributed by atoms with Crippen molar-refractivity contribution in [1.29, 1.82) is 0 Å². The quantitative estimate of drug-likeness (QED) is 0.737. The van der Waals surface area contributed by atoms with Crippen LogP contribution in [-0.2, 0) is 14.8 Å². The van der Waals surface area contributed by atoms with Gasteiger partial charge in [-0.05, 0) is 50.6 Å². The van der Waals surface area contributed by atoms with Crippen LogP contribution in [0.15, 0.2) is 29.2 Å². The highest BCUT2D eigenvalue weighted by Gasteiger charge is 2.27. The highest BCUT2D eigenvalue weighted by Crippen LogP contribution is 2.27. The Morgan fingerprint density at radius 3 is 2.60 bits per heavy atom. The minimum atomic E-state index is -3.52. The molecule has 1 saturated carbocycles. The average molecular weight is 366 g/mol. The molecule has 1 aromatic rings. The van der Waals surface area contributed by atoms with E-state index in [0.29, 0.717) is 24.7 Å². The number of hydrogen-bond donors (Lipinski definition) is 2. The SMILES string of the molecule is CN1CCN(S(=O)(=O)c2cccc(NC(=O)CNCC3CC3)c2)CC1. The summed E-state index contributed by atoms with van der Waals surface area (Å²) in [6.07, 6.45) is 2.47. The maximum Gasteiger partial charge on any atom is 0.243 e. The summed E-state index contributed by atoms with van der Waals surface area (Å²) in [5.41, 5.74) is 0.508. The third kappa shape index (κ3) is 5.01. The van der Waals surface area contributed by atoms with Gasteiger partial charge in [0.05, 0.1) is 11.4 Å². The lowest BCUT2D eigenvalue weighted by Gasteiger charge is -2.31. The molecule has 2 fully saturated rings. The molecule has 0 radical (unpaired) electrons. The van der Waals surface area contributed by atoms with E-state index in [0.717, 1.165) is 19.6 Å². The molecule has 1 amide bonds. The number of nitrogens with zero attached hydrogens (tertiary/aromatic N) is 2. The Hall–Kier alpha value is -1.48. The van der Waals surface area contributed by atoms with Crippen LogP contribution in [0.1, 0.15) is 12.8 Å². The van der Waals surface area contributed by atoms with Crippen LogP contribution in [0.25, 0.3) is 0 Å². The first-order valence-electron chi connectivity index (χ1n) is 8.74. The third-order valence-corrected chi connectivity index (χ3v) is 6.53. The smallest absolute Gasteiger partial charge is 0.243 e. The molecule has 0 bridgehead atoms. The van der Waals surface area contributed by atoms with E-state index in [9.17, 15) is 13.2 Å². The minimum absolute atomic E-state index is 0.158. The van der Waals surface area contributed by atoms with Crippen molar-refractivity contribution in [2.24, 2.45) is 5.92 Å². The van der Waals surface area contributed by atoms with Crippen molar-refractivity contribution >= 4 is 21.6 Å². The maximum atomic E-state index is 12.8. The van der Waals surface area contributed by atoms with Gasteiger partial charge in [0.2, 0.25) is 15.9 Å². The van der Waals surface area contributed by atoms with Crippen LogP contribution in [0.3, 0.4) is 0 Å². The summed E-state index contributed by atoms with van der Waals surface area (Å²) < 4.78 is 27.0. The van der Waals surface area contributed by atoms with Gasteiger partial charge < -0.3 is 15.5 Å². The number of benzene rings is 1. The molecule has 8 heteroatoms. The van der Waals surface area contributed by atoms with Gasteiger partial charge >= 0.3 is 0 Å². The average Bonchev–Trinajstić information content (AvgIpc) is 3.40. The van der Waals surface area contributed by atoms with Crippen molar-refractivity contribution in [3.8, 4) is 0 Å². The van der Waals surface area contributed by atoms with Gasteiger partial charge in [-0.1, -0.05) is 6.07 Å². The molecule has 0 spiro atoms. The predicted octanol–water partition coefficient (Wildman–Crippen LogP) is 0.561. The molecule has 25 heavy (non-hydrogen) atoms. The second-order valence-electron chi connectivity index (χ2n) is 6.86. The van der Waals surface area contributed by atoms with Crippen LogP contribution in [0.2, 0.25) is 0 Å². The topological polar surface area (TPSA) is 81.8 Å². The molecule has 138 valence electrons. The first kappa shape index (κ1) is 18.3. The number of anilines is 1. The molecule has 2 aliphatic rings. The molecule has 1 aliphatic heterocycles. The lowest BCUT2D eigenvalue weighted by molar-refractivity contribution is -0.115. The number of piperazine rings is 1. The van der Waals surface area contributed by atoms with E-state index in [1.165, 1.54) is 23.2 Å².